The Hall–Kier alpha value is -1.58. The van der Waals surface area contributed by atoms with Crippen LogP contribution in [-0.2, 0) is 6.42 Å². The molecule has 2 aromatic heterocycles. The molecule has 0 amide bonds. The standard InChI is InChI=1S/C15H22N4/c1-11-7-9-13(16)15-18-17-14(19(11)15)10-8-12-5-3-2-4-6-12/h7,9,12H,2-6,8,10,16H2,1H3. The number of aryl methyl sites for hydroxylation is 2. The molecule has 0 bridgehead atoms. The highest BCUT2D eigenvalue weighted by molar-refractivity contribution is 5.64. The fraction of sp³-hybridized carbons (Fsp3) is 0.600. The quantitative estimate of drug-likeness (QED) is 0.920. The van der Waals surface area contributed by atoms with Crippen molar-refractivity contribution < 1.29 is 0 Å². The third-order valence-electron chi connectivity index (χ3n) is 4.35. The van der Waals surface area contributed by atoms with Gasteiger partial charge in [-0.3, -0.25) is 4.40 Å². The van der Waals surface area contributed by atoms with Crippen LogP contribution in [0, 0.1) is 12.8 Å². The van der Waals surface area contributed by atoms with Crippen molar-refractivity contribution in [2.75, 3.05) is 5.73 Å². The molecule has 102 valence electrons. The lowest BCUT2D eigenvalue weighted by molar-refractivity contribution is 0.337. The Kier molecular flexibility index (Phi) is 3.40. The van der Waals surface area contributed by atoms with Gasteiger partial charge in [-0.1, -0.05) is 32.1 Å². The lowest BCUT2D eigenvalue weighted by Crippen LogP contribution is -2.09. The van der Waals surface area contributed by atoms with E-state index in [-0.39, 0.29) is 0 Å². The fourth-order valence-electron chi connectivity index (χ4n) is 3.20. The van der Waals surface area contributed by atoms with Crippen LogP contribution in [0.15, 0.2) is 12.1 Å². The zero-order valence-electron chi connectivity index (χ0n) is 11.6. The molecule has 0 saturated heterocycles. The number of fused-ring (bicyclic) bond motifs is 1. The van der Waals surface area contributed by atoms with E-state index >= 15 is 0 Å². The van der Waals surface area contributed by atoms with Gasteiger partial charge in [0, 0.05) is 12.1 Å². The molecule has 3 rings (SSSR count). The van der Waals surface area contributed by atoms with Crippen LogP contribution in [0.3, 0.4) is 0 Å². The molecule has 1 fully saturated rings. The average molecular weight is 258 g/mol. The maximum absolute atomic E-state index is 5.95. The minimum absolute atomic E-state index is 0.710. The number of pyridine rings is 1. The Balaban J connectivity index is 1.79. The summed E-state index contributed by atoms with van der Waals surface area (Å²) in [6, 6.07) is 3.94. The van der Waals surface area contributed by atoms with Crippen molar-refractivity contribution in [2.24, 2.45) is 5.92 Å². The van der Waals surface area contributed by atoms with Gasteiger partial charge < -0.3 is 5.73 Å². The molecule has 0 aliphatic heterocycles. The maximum Gasteiger partial charge on any atom is 0.184 e. The molecule has 0 radical (unpaired) electrons. The summed E-state index contributed by atoms with van der Waals surface area (Å²) in [5.41, 5.74) is 8.63. The van der Waals surface area contributed by atoms with Gasteiger partial charge in [0.05, 0.1) is 5.69 Å². The van der Waals surface area contributed by atoms with Crippen molar-refractivity contribution in [3.05, 3.63) is 23.7 Å². The van der Waals surface area contributed by atoms with Crippen LogP contribution in [0.1, 0.15) is 50.0 Å². The number of hydrogen-bond donors (Lipinski definition) is 1. The average Bonchev–Trinajstić information content (AvgIpc) is 2.87. The van der Waals surface area contributed by atoms with Crippen LogP contribution in [0.2, 0.25) is 0 Å². The molecule has 2 N–H and O–H groups in total. The van der Waals surface area contributed by atoms with Crippen LogP contribution in [0.4, 0.5) is 5.69 Å². The van der Waals surface area contributed by atoms with Crippen LogP contribution in [-0.4, -0.2) is 14.6 Å². The molecular formula is C15H22N4. The van der Waals surface area contributed by atoms with Crippen molar-refractivity contribution in [2.45, 2.75) is 51.9 Å². The molecule has 0 atom stereocenters. The van der Waals surface area contributed by atoms with E-state index in [1.807, 2.05) is 12.1 Å². The first kappa shape index (κ1) is 12.5. The first-order chi connectivity index (χ1) is 9.25. The molecular weight excluding hydrogens is 236 g/mol. The molecule has 0 aromatic carbocycles. The van der Waals surface area contributed by atoms with Gasteiger partial charge >= 0.3 is 0 Å². The summed E-state index contributed by atoms with van der Waals surface area (Å²) in [6.07, 6.45) is 9.23. The Morgan fingerprint density at radius 2 is 2.00 bits per heavy atom. The first-order valence-corrected chi connectivity index (χ1v) is 7.35. The number of nitrogens with two attached hydrogens (primary N) is 1. The van der Waals surface area contributed by atoms with E-state index in [0.717, 1.165) is 29.5 Å². The predicted octanol–water partition coefficient (Wildman–Crippen LogP) is 3.13. The molecule has 1 aliphatic carbocycles. The summed E-state index contributed by atoms with van der Waals surface area (Å²) < 4.78 is 2.11. The van der Waals surface area contributed by atoms with Gasteiger partial charge in [0.2, 0.25) is 0 Å². The molecule has 19 heavy (non-hydrogen) atoms. The second kappa shape index (κ2) is 5.19. The number of nitrogen functional groups attached to an aromatic ring is 1. The lowest BCUT2D eigenvalue weighted by atomic mass is 9.86. The van der Waals surface area contributed by atoms with Gasteiger partial charge in [-0.25, -0.2) is 0 Å². The van der Waals surface area contributed by atoms with Crippen LogP contribution >= 0.6 is 0 Å². The molecule has 0 spiro atoms. The van der Waals surface area contributed by atoms with Gasteiger partial charge in [-0.2, -0.15) is 0 Å². The predicted molar refractivity (Wildman–Crippen MR) is 77.0 cm³/mol. The fourth-order valence-corrected chi connectivity index (χ4v) is 3.20. The third kappa shape index (κ3) is 2.44. The van der Waals surface area contributed by atoms with Crippen LogP contribution in [0.5, 0.6) is 0 Å². The Morgan fingerprint density at radius 3 is 2.79 bits per heavy atom. The van der Waals surface area contributed by atoms with Gasteiger partial charge in [-0.05, 0) is 31.4 Å². The number of aromatic nitrogens is 3. The Bertz CT molecular complexity index is 567. The highest BCUT2D eigenvalue weighted by Gasteiger charge is 2.16. The first-order valence-electron chi connectivity index (χ1n) is 7.35. The van der Waals surface area contributed by atoms with Crippen molar-refractivity contribution in [1.82, 2.24) is 14.6 Å². The van der Waals surface area contributed by atoms with Gasteiger partial charge in [-0.15, -0.1) is 10.2 Å². The zero-order valence-corrected chi connectivity index (χ0v) is 11.6. The van der Waals surface area contributed by atoms with Crippen molar-refractivity contribution >= 4 is 11.3 Å². The Morgan fingerprint density at radius 1 is 1.21 bits per heavy atom. The molecule has 0 unspecified atom stereocenters. The highest BCUT2D eigenvalue weighted by Crippen LogP contribution is 2.27. The largest absolute Gasteiger partial charge is 0.396 e. The van der Waals surface area contributed by atoms with E-state index in [1.54, 1.807) is 0 Å². The topological polar surface area (TPSA) is 56.2 Å². The summed E-state index contributed by atoms with van der Waals surface area (Å²) in [5, 5.41) is 8.57. The van der Waals surface area contributed by atoms with Crippen molar-refractivity contribution in [3.63, 3.8) is 0 Å². The monoisotopic (exact) mass is 258 g/mol. The minimum atomic E-state index is 0.710. The summed E-state index contributed by atoms with van der Waals surface area (Å²) in [6.45, 7) is 2.08. The highest BCUT2D eigenvalue weighted by atomic mass is 15.3. The number of anilines is 1. The number of nitrogens with zero attached hydrogens (tertiary/aromatic N) is 3. The van der Waals surface area contributed by atoms with E-state index in [9.17, 15) is 0 Å². The SMILES string of the molecule is Cc1ccc(N)c2nnc(CCC3CCCCC3)n12. The van der Waals surface area contributed by atoms with Gasteiger partial charge in [0.25, 0.3) is 0 Å². The lowest BCUT2D eigenvalue weighted by Gasteiger charge is -2.20. The van der Waals surface area contributed by atoms with Crippen LogP contribution in [0.25, 0.3) is 5.65 Å². The van der Waals surface area contributed by atoms with E-state index in [4.69, 9.17) is 5.73 Å². The van der Waals surface area contributed by atoms with Crippen LogP contribution < -0.4 is 5.73 Å². The molecule has 1 aliphatic rings. The Labute approximate surface area is 114 Å². The number of hydrogen-bond acceptors (Lipinski definition) is 3. The summed E-state index contributed by atoms with van der Waals surface area (Å²) >= 11 is 0. The molecule has 1 saturated carbocycles. The molecule has 2 heterocycles. The van der Waals surface area contributed by atoms with E-state index in [2.05, 4.69) is 21.5 Å². The van der Waals surface area contributed by atoms with E-state index in [0.29, 0.717) is 5.69 Å². The normalized spacial score (nSPS) is 17.1. The van der Waals surface area contributed by atoms with E-state index < -0.39 is 0 Å². The minimum Gasteiger partial charge on any atom is -0.396 e. The summed E-state index contributed by atoms with van der Waals surface area (Å²) in [4.78, 5) is 0. The van der Waals surface area contributed by atoms with Crippen molar-refractivity contribution in [1.29, 1.82) is 0 Å². The smallest absolute Gasteiger partial charge is 0.184 e. The van der Waals surface area contributed by atoms with Gasteiger partial charge in [0.15, 0.2) is 5.65 Å². The summed E-state index contributed by atoms with van der Waals surface area (Å²) in [5.74, 6) is 1.94. The van der Waals surface area contributed by atoms with E-state index in [1.165, 1.54) is 38.5 Å². The zero-order chi connectivity index (χ0) is 13.2. The summed E-state index contributed by atoms with van der Waals surface area (Å²) in [7, 11) is 0. The van der Waals surface area contributed by atoms with Crippen molar-refractivity contribution in [3.8, 4) is 0 Å². The molecule has 4 heteroatoms. The maximum atomic E-state index is 5.95. The number of rotatable bonds is 3. The third-order valence-corrected chi connectivity index (χ3v) is 4.35. The molecule has 4 nitrogen and oxygen atoms in total. The second-order valence-corrected chi connectivity index (χ2v) is 5.75. The second-order valence-electron chi connectivity index (χ2n) is 5.75. The van der Waals surface area contributed by atoms with Gasteiger partial charge in [0.1, 0.15) is 5.82 Å². The molecule has 2 aromatic rings.